The number of hydrogen-bond acceptors (Lipinski definition) is 3. The molecule has 0 saturated carbocycles. The van der Waals surface area contributed by atoms with Crippen molar-refractivity contribution in [3.8, 4) is 5.75 Å². The SMILES string of the molecule is CCCCOc1ccccc1C(=O)NNC(=O)CCc1ccccc1. The Labute approximate surface area is 148 Å². The van der Waals surface area contributed by atoms with E-state index in [1.807, 2.05) is 36.4 Å². The van der Waals surface area contributed by atoms with Gasteiger partial charge in [0.25, 0.3) is 5.91 Å². The summed E-state index contributed by atoms with van der Waals surface area (Å²) in [4.78, 5) is 24.2. The van der Waals surface area contributed by atoms with E-state index in [0.29, 0.717) is 30.8 Å². The van der Waals surface area contributed by atoms with E-state index in [-0.39, 0.29) is 11.8 Å². The van der Waals surface area contributed by atoms with Crippen LogP contribution in [0.15, 0.2) is 54.6 Å². The zero-order valence-electron chi connectivity index (χ0n) is 14.5. The predicted octanol–water partition coefficient (Wildman–Crippen LogP) is 3.26. The summed E-state index contributed by atoms with van der Waals surface area (Å²) in [5.74, 6) is -0.103. The Morgan fingerprint density at radius 3 is 2.44 bits per heavy atom. The molecule has 0 unspecified atom stereocenters. The van der Waals surface area contributed by atoms with Gasteiger partial charge in [0.1, 0.15) is 5.75 Å². The molecule has 0 spiro atoms. The lowest BCUT2D eigenvalue weighted by molar-refractivity contribution is -0.121. The molecule has 0 aromatic heterocycles. The third kappa shape index (κ3) is 6.30. The van der Waals surface area contributed by atoms with Crippen molar-refractivity contribution < 1.29 is 14.3 Å². The number of unbranched alkanes of at least 4 members (excludes halogenated alkanes) is 1. The molecule has 132 valence electrons. The molecule has 0 atom stereocenters. The van der Waals surface area contributed by atoms with Gasteiger partial charge in [-0.1, -0.05) is 55.8 Å². The Morgan fingerprint density at radius 2 is 1.68 bits per heavy atom. The average Bonchev–Trinajstić information content (AvgIpc) is 2.66. The Morgan fingerprint density at radius 1 is 0.960 bits per heavy atom. The van der Waals surface area contributed by atoms with Gasteiger partial charge in [0.2, 0.25) is 5.91 Å². The number of para-hydroxylation sites is 1. The van der Waals surface area contributed by atoms with Gasteiger partial charge in [0.15, 0.2) is 0 Å². The van der Waals surface area contributed by atoms with Gasteiger partial charge in [-0.15, -0.1) is 0 Å². The van der Waals surface area contributed by atoms with Gasteiger partial charge >= 0.3 is 0 Å². The van der Waals surface area contributed by atoms with E-state index >= 15 is 0 Å². The van der Waals surface area contributed by atoms with Crippen LogP contribution >= 0.6 is 0 Å². The Bertz CT molecular complexity index is 686. The first-order chi connectivity index (χ1) is 12.2. The maximum absolute atomic E-state index is 12.3. The first-order valence-electron chi connectivity index (χ1n) is 8.55. The molecule has 2 aromatic carbocycles. The number of hydrogen-bond donors (Lipinski definition) is 2. The van der Waals surface area contributed by atoms with Crippen molar-refractivity contribution >= 4 is 11.8 Å². The number of carbonyl (C=O) groups is 2. The van der Waals surface area contributed by atoms with Gasteiger partial charge in [0, 0.05) is 6.42 Å². The Balaban J connectivity index is 1.82. The van der Waals surface area contributed by atoms with E-state index in [1.54, 1.807) is 18.2 Å². The van der Waals surface area contributed by atoms with Crippen LogP contribution in [0, 0.1) is 0 Å². The van der Waals surface area contributed by atoms with Crippen LogP contribution in [-0.2, 0) is 11.2 Å². The van der Waals surface area contributed by atoms with E-state index in [2.05, 4.69) is 17.8 Å². The van der Waals surface area contributed by atoms with E-state index in [4.69, 9.17) is 4.74 Å². The maximum atomic E-state index is 12.3. The molecule has 0 aliphatic carbocycles. The normalized spacial score (nSPS) is 10.1. The maximum Gasteiger partial charge on any atom is 0.273 e. The summed E-state index contributed by atoms with van der Waals surface area (Å²) in [6.45, 7) is 2.64. The average molecular weight is 340 g/mol. The molecule has 0 aliphatic heterocycles. The van der Waals surface area contributed by atoms with Crippen molar-refractivity contribution in [2.24, 2.45) is 0 Å². The van der Waals surface area contributed by atoms with Gasteiger partial charge in [-0.25, -0.2) is 0 Å². The largest absolute Gasteiger partial charge is 0.493 e. The molecule has 0 radical (unpaired) electrons. The molecular formula is C20H24N2O3. The summed E-state index contributed by atoms with van der Waals surface area (Å²) in [5.41, 5.74) is 6.39. The van der Waals surface area contributed by atoms with Gasteiger partial charge in [0.05, 0.1) is 12.2 Å². The fourth-order valence-corrected chi connectivity index (χ4v) is 2.27. The van der Waals surface area contributed by atoms with E-state index in [0.717, 1.165) is 18.4 Å². The minimum absolute atomic E-state index is 0.235. The van der Waals surface area contributed by atoms with Crippen molar-refractivity contribution in [2.75, 3.05) is 6.61 Å². The number of benzene rings is 2. The summed E-state index contributed by atoms with van der Waals surface area (Å²) in [6.07, 6.45) is 2.87. The summed E-state index contributed by atoms with van der Waals surface area (Å²) in [7, 11) is 0. The third-order valence-corrected chi connectivity index (χ3v) is 3.69. The Kier molecular flexibility index (Phi) is 7.50. The molecule has 2 amide bonds. The Hall–Kier alpha value is -2.82. The van der Waals surface area contributed by atoms with Crippen molar-refractivity contribution in [2.45, 2.75) is 32.6 Å². The van der Waals surface area contributed by atoms with E-state index in [9.17, 15) is 9.59 Å². The molecule has 0 aliphatic rings. The predicted molar refractivity (Wildman–Crippen MR) is 97.2 cm³/mol. The second-order valence-electron chi connectivity index (χ2n) is 5.69. The number of amides is 2. The summed E-state index contributed by atoms with van der Waals surface area (Å²) < 4.78 is 5.64. The van der Waals surface area contributed by atoms with Crippen molar-refractivity contribution in [1.82, 2.24) is 10.9 Å². The highest BCUT2D eigenvalue weighted by Gasteiger charge is 2.12. The molecule has 2 aromatic rings. The van der Waals surface area contributed by atoms with Crippen LogP contribution in [0.1, 0.15) is 42.1 Å². The lowest BCUT2D eigenvalue weighted by Gasteiger charge is -2.12. The lowest BCUT2D eigenvalue weighted by atomic mass is 10.1. The standard InChI is InChI=1S/C20H24N2O3/c1-2-3-15-25-18-12-8-7-11-17(18)20(24)22-21-19(23)14-13-16-9-5-4-6-10-16/h4-12H,2-3,13-15H2,1H3,(H,21,23)(H,22,24). The van der Waals surface area contributed by atoms with E-state index < -0.39 is 0 Å². The van der Waals surface area contributed by atoms with E-state index in [1.165, 1.54) is 0 Å². The van der Waals surface area contributed by atoms with Crippen molar-refractivity contribution in [1.29, 1.82) is 0 Å². The number of rotatable bonds is 8. The van der Waals surface area contributed by atoms with Crippen LogP contribution < -0.4 is 15.6 Å². The highest BCUT2D eigenvalue weighted by molar-refractivity contribution is 5.97. The van der Waals surface area contributed by atoms with Crippen LogP contribution in [0.3, 0.4) is 0 Å². The van der Waals surface area contributed by atoms with Crippen molar-refractivity contribution in [3.63, 3.8) is 0 Å². The molecule has 5 nitrogen and oxygen atoms in total. The third-order valence-electron chi connectivity index (χ3n) is 3.69. The molecule has 25 heavy (non-hydrogen) atoms. The van der Waals surface area contributed by atoms with Gasteiger partial charge in [-0.05, 0) is 30.5 Å². The minimum atomic E-state index is -0.389. The topological polar surface area (TPSA) is 67.4 Å². The number of hydrazine groups is 1. The van der Waals surface area contributed by atoms with Crippen LogP contribution in [0.2, 0.25) is 0 Å². The second kappa shape index (κ2) is 10.1. The molecule has 5 heteroatoms. The summed E-state index contributed by atoms with van der Waals surface area (Å²) >= 11 is 0. The summed E-state index contributed by atoms with van der Waals surface area (Å²) in [6, 6.07) is 16.7. The fraction of sp³-hybridized carbons (Fsp3) is 0.300. The zero-order valence-corrected chi connectivity index (χ0v) is 14.5. The molecule has 0 heterocycles. The first-order valence-corrected chi connectivity index (χ1v) is 8.55. The van der Waals surface area contributed by atoms with Crippen LogP contribution in [-0.4, -0.2) is 18.4 Å². The van der Waals surface area contributed by atoms with Crippen LogP contribution in [0.5, 0.6) is 5.75 Å². The number of carbonyl (C=O) groups excluding carboxylic acids is 2. The molecule has 0 bridgehead atoms. The molecule has 0 saturated heterocycles. The van der Waals surface area contributed by atoms with Crippen LogP contribution in [0.25, 0.3) is 0 Å². The molecular weight excluding hydrogens is 316 g/mol. The quantitative estimate of drug-likeness (QED) is 0.572. The zero-order chi connectivity index (χ0) is 17.9. The highest BCUT2D eigenvalue weighted by atomic mass is 16.5. The van der Waals surface area contributed by atoms with Crippen LogP contribution in [0.4, 0.5) is 0 Å². The van der Waals surface area contributed by atoms with Gasteiger partial charge < -0.3 is 4.74 Å². The van der Waals surface area contributed by atoms with Gasteiger partial charge in [-0.3, -0.25) is 20.4 Å². The smallest absolute Gasteiger partial charge is 0.273 e. The highest BCUT2D eigenvalue weighted by Crippen LogP contribution is 2.18. The number of ether oxygens (including phenoxy) is 1. The molecule has 2 N–H and O–H groups in total. The number of aryl methyl sites for hydroxylation is 1. The fourth-order valence-electron chi connectivity index (χ4n) is 2.27. The molecule has 0 fully saturated rings. The summed E-state index contributed by atoms with van der Waals surface area (Å²) in [5, 5.41) is 0. The molecule has 2 rings (SSSR count). The van der Waals surface area contributed by atoms with Gasteiger partial charge in [-0.2, -0.15) is 0 Å². The monoisotopic (exact) mass is 340 g/mol. The number of nitrogens with one attached hydrogen (secondary N) is 2. The van der Waals surface area contributed by atoms with Crippen molar-refractivity contribution in [3.05, 3.63) is 65.7 Å². The minimum Gasteiger partial charge on any atom is -0.493 e. The first kappa shape index (κ1) is 18.5. The second-order valence-corrected chi connectivity index (χ2v) is 5.69. The lowest BCUT2D eigenvalue weighted by Crippen LogP contribution is -2.41.